The third-order valence-corrected chi connectivity index (χ3v) is 4.50. The van der Waals surface area contributed by atoms with Gasteiger partial charge in [0.25, 0.3) is 5.91 Å². The van der Waals surface area contributed by atoms with E-state index in [0.29, 0.717) is 11.6 Å². The van der Waals surface area contributed by atoms with Crippen molar-refractivity contribution in [3.63, 3.8) is 0 Å². The number of carbonyl (C=O) groups excluding carboxylic acids is 1. The lowest BCUT2D eigenvalue weighted by atomic mass is 10.2. The van der Waals surface area contributed by atoms with Gasteiger partial charge in [-0.3, -0.25) is 4.79 Å². The zero-order chi connectivity index (χ0) is 17.3. The van der Waals surface area contributed by atoms with E-state index in [2.05, 4.69) is 15.4 Å². The van der Waals surface area contributed by atoms with Gasteiger partial charge in [-0.1, -0.05) is 37.6 Å². The molecule has 6 nitrogen and oxygen atoms in total. The fourth-order valence-corrected chi connectivity index (χ4v) is 3.08. The van der Waals surface area contributed by atoms with Crippen molar-refractivity contribution in [3.05, 3.63) is 40.9 Å². The van der Waals surface area contributed by atoms with Crippen molar-refractivity contribution in [3.8, 4) is 5.69 Å². The Bertz CT molecular complexity index is 742. The molecule has 1 aromatic carbocycles. The Morgan fingerprint density at radius 1 is 1.38 bits per heavy atom. The highest BCUT2D eigenvalue weighted by Gasteiger charge is 2.28. The molecular weight excluding hydrogens is 326 g/mol. The van der Waals surface area contributed by atoms with Crippen molar-refractivity contribution >= 4 is 17.5 Å². The van der Waals surface area contributed by atoms with Gasteiger partial charge < -0.3 is 10.2 Å². The summed E-state index contributed by atoms with van der Waals surface area (Å²) in [5.41, 5.74) is 0.739. The quantitative estimate of drug-likeness (QED) is 0.926. The van der Waals surface area contributed by atoms with E-state index < -0.39 is 0 Å². The first kappa shape index (κ1) is 16.9. The van der Waals surface area contributed by atoms with E-state index in [1.165, 1.54) is 0 Å². The van der Waals surface area contributed by atoms with Gasteiger partial charge in [-0.25, -0.2) is 9.67 Å². The minimum atomic E-state index is -0.128. The number of halogens is 1. The first-order valence-electron chi connectivity index (χ1n) is 8.22. The Morgan fingerprint density at radius 3 is 2.79 bits per heavy atom. The Balaban J connectivity index is 2.00. The molecule has 3 rings (SSSR count). The van der Waals surface area contributed by atoms with Gasteiger partial charge >= 0.3 is 0 Å². The monoisotopic (exact) mass is 347 g/mol. The van der Waals surface area contributed by atoms with E-state index in [-0.39, 0.29) is 23.7 Å². The number of nitrogens with one attached hydrogen (secondary N) is 1. The Labute approximate surface area is 146 Å². The molecule has 1 atom stereocenters. The number of amides is 1. The Kier molecular flexibility index (Phi) is 4.87. The maximum absolute atomic E-state index is 12.8. The topological polar surface area (TPSA) is 63.1 Å². The number of aromatic nitrogens is 3. The molecule has 1 N–H and O–H groups in total. The van der Waals surface area contributed by atoms with Crippen LogP contribution in [0.4, 0.5) is 0 Å². The normalized spacial score (nSPS) is 18.2. The number of nitrogens with zero attached hydrogens (tertiary/aromatic N) is 4. The molecule has 128 valence electrons. The summed E-state index contributed by atoms with van der Waals surface area (Å²) in [5.74, 6) is 0.953. The predicted octanol–water partition coefficient (Wildman–Crippen LogP) is 2.48. The van der Waals surface area contributed by atoms with Gasteiger partial charge in [-0.05, 0) is 19.1 Å². The molecule has 0 saturated carbocycles. The van der Waals surface area contributed by atoms with Crippen LogP contribution in [-0.4, -0.2) is 51.2 Å². The van der Waals surface area contributed by atoms with E-state index in [1.54, 1.807) is 4.68 Å². The molecule has 2 heterocycles. The molecule has 0 aliphatic carbocycles. The summed E-state index contributed by atoms with van der Waals surface area (Å²) in [6.07, 6.45) is 0. The zero-order valence-corrected chi connectivity index (χ0v) is 14.9. The molecule has 7 heteroatoms. The average molecular weight is 348 g/mol. The molecule has 1 fully saturated rings. The first-order valence-corrected chi connectivity index (χ1v) is 8.60. The van der Waals surface area contributed by atoms with Crippen LogP contribution in [0, 0.1) is 0 Å². The van der Waals surface area contributed by atoms with Gasteiger partial charge in [-0.15, -0.1) is 5.10 Å². The minimum absolute atomic E-state index is 0.121. The van der Waals surface area contributed by atoms with Crippen molar-refractivity contribution in [2.45, 2.75) is 32.7 Å². The van der Waals surface area contributed by atoms with E-state index in [1.807, 2.05) is 49.9 Å². The summed E-state index contributed by atoms with van der Waals surface area (Å²) in [6, 6.07) is 7.58. The average Bonchev–Trinajstić information content (AvgIpc) is 3.00. The van der Waals surface area contributed by atoms with Crippen LogP contribution in [0.2, 0.25) is 5.02 Å². The second-order valence-corrected chi connectivity index (χ2v) is 6.77. The van der Waals surface area contributed by atoms with Crippen LogP contribution >= 0.6 is 11.6 Å². The molecule has 0 radical (unpaired) electrons. The molecule has 2 aromatic rings. The summed E-state index contributed by atoms with van der Waals surface area (Å²) in [5, 5.41) is 8.35. The highest BCUT2D eigenvalue weighted by atomic mass is 35.5. The number of hydrogen-bond acceptors (Lipinski definition) is 4. The molecule has 0 spiro atoms. The molecule has 0 bridgehead atoms. The lowest BCUT2D eigenvalue weighted by Crippen LogP contribution is -2.52. The van der Waals surface area contributed by atoms with Gasteiger partial charge in [-0.2, -0.15) is 0 Å². The van der Waals surface area contributed by atoms with Crippen molar-refractivity contribution in [2.24, 2.45) is 0 Å². The van der Waals surface area contributed by atoms with E-state index >= 15 is 0 Å². The molecule has 1 amide bonds. The number of benzene rings is 1. The predicted molar refractivity (Wildman–Crippen MR) is 93.8 cm³/mol. The van der Waals surface area contributed by atoms with Crippen LogP contribution in [0.25, 0.3) is 5.69 Å². The summed E-state index contributed by atoms with van der Waals surface area (Å²) in [6.45, 7) is 8.32. The number of carbonyl (C=O) groups is 1. The molecule has 1 aliphatic rings. The van der Waals surface area contributed by atoms with E-state index in [4.69, 9.17) is 11.6 Å². The summed E-state index contributed by atoms with van der Waals surface area (Å²) in [4.78, 5) is 19.2. The second-order valence-electron chi connectivity index (χ2n) is 6.36. The SMILES string of the molecule is CC(C)c1nc(C(=O)N2CCNC[C@H]2C)nn1-c1ccccc1Cl. The lowest BCUT2D eigenvalue weighted by Gasteiger charge is -2.33. The number of rotatable bonds is 3. The maximum Gasteiger partial charge on any atom is 0.293 e. The molecule has 0 unspecified atom stereocenters. The van der Waals surface area contributed by atoms with Gasteiger partial charge in [0.05, 0.1) is 10.7 Å². The molecule has 1 saturated heterocycles. The van der Waals surface area contributed by atoms with Gasteiger partial charge in [0.2, 0.25) is 5.82 Å². The summed E-state index contributed by atoms with van der Waals surface area (Å²) in [7, 11) is 0. The fourth-order valence-electron chi connectivity index (χ4n) is 2.86. The molecule has 1 aromatic heterocycles. The standard InChI is InChI=1S/C17H22ClN5O/c1-11(2)16-20-15(17(24)22-9-8-19-10-12(22)3)21-23(16)14-7-5-4-6-13(14)18/h4-7,11-12,19H,8-10H2,1-3H3/t12-/m1/s1. The smallest absolute Gasteiger partial charge is 0.293 e. The van der Waals surface area contributed by atoms with Crippen LogP contribution in [-0.2, 0) is 0 Å². The minimum Gasteiger partial charge on any atom is -0.331 e. The first-order chi connectivity index (χ1) is 11.5. The van der Waals surface area contributed by atoms with Gasteiger partial charge in [0, 0.05) is 31.6 Å². The molecule has 24 heavy (non-hydrogen) atoms. The lowest BCUT2D eigenvalue weighted by molar-refractivity contribution is 0.0643. The maximum atomic E-state index is 12.8. The Hall–Kier alpha value is -1.92. The van der Waals surface area contributed by atoms with Crippen LogP contribution in [0.15, 0.2) is 24.3 Å². The van der Waals surface area contributed by atoms with Crippen molar-refractivity contribution in [2.75, 3.05) is 19.6 Å². The van der Waals surface area contributed by atoms with Crippen molar-refractivity contribution in [1.29, 1.82) is 0 Å². The van der Waals surface area contributed by atoms with Crippen molar-refractivity contribution < 1.29 is 4.79 Å². The van der Waals surface area contributed by atoms with Crippen molar-refractivity contribution in [1.82, 2.24) is 25.0 Å². The number of piperazine rings is 1. The molecule has 1 aliphatic heterocycles. The van der Waals surface area contributed by atoms with E-state index in [9.17, 15) is 4.79 Å². The van der Waals surface area contributed by atoms with Gasteiger partial charge in [0.15, 0.2) is 0 Å². The van der Waals surface area contributed by atoms with E-state index in [0.717, 1.165) is 24.6 Å². The highest BCUT2D eigenvalue weighted by molar-refractivity contribution is 6.32. The highest BCUT2D eigenvalue weighted by Crippen LogP contribution is 2.24. The summed E-state index contributed by atoms with van der Waals surface area (Å²) < 4.78 is 1.69. The summed E-state index contributed by atoms with van der Waals surface area (Å²) >= 11 is 6.30. The van der Waals surface area contributed by atoms with Crippen LogP contribution in [0.3, 0.4) is 0 Å². The van der Waals surface area contributed by atoms with Crippen LogP contribution in [0.1, 0.15) is 43.1 Å². The zero-order valence-electron chi connectivity index (χ0n) is 14.2. The Morgan fingerprint density at radius 2 is 2.12 bits per heavy atom. The number of para-hydroxylation sites is 1. The number of hydrogen-bond donors (Lipinski definition) is 1. The van der Waals surface area contributed by atoms with Gasteiger partial charge in [0.1, 0.15) is 5.82 Å². The third kappa shape index (κ3) is 3.16. The van der Waals surface area contributed by atoms with Crippen LogP contribution < -0.4 is 5.32 Å². The fraction of sp³-hybridized carbons (Fsp3) is 0.471. The molecular formula is C17H22ClN5O. The third-order valence-electron chi connectivity index (χ3n) is 4.18. The second kappa shape index (κ2) is 6.91. The van der Waals surface area contributed by atoms with Crippen LogP contribution in [0.5, 0.6) is 0 Å². The largest absolute Gasteiger partial charge is 0.331 e.